The highest BCUT2D eigenvalue weighted by atomic mass is 16.5. The van der Waals surface area contributed by atoms with Gasteiger partial charge in [-0.3, -0.25) is 4.79 Å². The lowest BCUT2D eigenvalue weighted by Gasteiger charge is -2.09. The van der Waals surface area contributed by atoms with E-state index in [1.165, 1.54) is 0 Å². The van der Waals surface area contributed by atoms with Crippen LogP contribution in [0.1, 0.15) is 10.5 Å². The van der Waals surface area contributed by atoms with Gasteiger partial charge in [-0.25, -0.2) is 4.68 Å². The molecular weight excluding hydrogens is 330 g/mol. The van der Waals surface area contributed by atoms with Crippen molar-refractivity contribution in [2.75, 3.05) is 27.4 Å². The van der Waals surface area contributed by atoms with E-state index < -0.39 is 0 Å². The van der Waals surface area contributed by atoms with Crippen molar-refractivity contribution in [1.29, 1.82) is 0 Å². The van der Waals surface area contributed by atoms with Gasteiger partial charge in [0.25, 0.3) is 5.91 Å². The summed E-state index contributed by atoms with van der Waals surface area (Å²) in [6, 6.07) is 19.0. The lowest BCUT2D eigenvalue weighted by atomic mass is 10.1. The summed E-state index contributed by atoms with van der Waals surface area (Å²) in [6.07, 6.45) is 0. The standard InChI is InChI=1S/C20H21N3O3/c1-25-13-12-21-20(24)19-14-18(15-6-4-3-5-7-15)22-23(19)16-8-10-17(26-2)11-9-16/h3-11,14H,12-13H2,1-2H3,(H,21,24). The molecule has 0 spiro atoms. The Morgan fingerprint density at radius 3 is 2.46 bits per heavy atom. The highest BCUT2D eigenvalue weighted by Gasteiger charge is 2.17. The normalized spacial score (nSPS) is 10.5. The third-order valence-electron chi connectivity index (χ3n) is 3.92. The van der Waals surface area contributed by atoms with E-state index >= 15 is 0 Å². The van der Waals surface area contributed by atoms with Crippen molar-refractivity contribution < 1.29 is 14.3 Å². The van der Waals surface area contributed by atoms with E-state index in [1.54, 1.807) is 25.0 Å². The summed E-state index contributed by atoms with van der Waals surface area (Å²) in [5, 5.41) is 7.49. The number of benzene rings is 2. The minimum absolute atomic E-state index is 0.201. The number of rotatable bonds is 7. The Morgan fingerprint density at radius 2 is 1.81 bits per heavy atom. The molecule has 1 N–H and O–H groups in total. The number of hydrogen-bond acceptors (Lipinski definition) is 4. The summed E-state index contributed by atoms with van der Waals surface area (Å²) in [4.78, 5) is 12.6. The Morgan fingerprint density at radius 1 is 1.08 bits per heavy atom. The van der Waals surface area contributed by atoms with Gasteiger partial charge in [0.1, 0.15) is 11.4 Å². The molecule has 0 fully saturated rings. The Balaban J connectivity index is 1.99. The molecule has 0 unspecified atom stereocenters. The van der Waals surface area contributed by atoms with Crippen molar-refractivity contribution in [1.82, 2.24) is 15.1 Å². The van der Waals surface area contributed by atoms with Gasteiger partial charge in [-0.1, -0.05) is 30.3 Å². The molecule has 3 aromatic rings. The average Bonchev–Trinajstić information content (AvgIpc) is 3.14. The van der Waals surface area contributed by atoms with Crippen LogP contribution in [0.15, 0.2) is 60.7 Å². The quantitative estimate of drug-likeness (QED) is 0.665. The fourth-order valence-electron chi connectivity index (χ4n) is 2.57. The molecule has 0 saturated carbocycles. The first-order valence-corrected chi connectivity index (χ1v) is 8.30. The van der Waals surface area contributed by atoms with Crippen LogP contribution in [0.5, 0.6) is 5.75 Å². The molecule has 6 nitrogen and oxygen atoms in total. The number of methoxy groups -OCH3 is 2. The SMILES string of the molecule is COCCNC(=O)c1cc(-c2ccccc2)nn1-c1ccc(OC)cc1. The van der Waals surface area contributed by atoms with Crippen molar-refractivity contribution in [3.8, 4) is 22.7 Å². The number of amides is 1. The monoisotopic (exact) mass is 351 g/mol. The molecule has 0 atom stereocenters. The zero-order valence-corrected chi connectivity index (χ0v) is 14.8. The number of carbonyl (C=O) groups excluding carboxylic acids is 1. The van der Waals surface area contributed by atoms with E-state index in [0.29, 0.717) is 18.8 Å². The molecule has 0 bridgehead atoms. The van der Waals surface area contributed by atoms with Crippen molar-refractivity contribution in [3.05, 3.63) is 66.4 Å². The number of aromatic nitrogens is 2. The predicted molar refractivity (Wildman–Crippen MR) is 99.8 cm³/mol. The van der Waals surface area contributed by atoms with Crippen LogP contribution >= 0.6 is 0 Å². The second kappa shape index (κ2) is 8.31. The van der Waals surface area contributed by atoms with Crippen molar-refractivity contribution >= 4 is 5.91 Å². The molecule has 0 aliphatic rings. The summed E-state index contributed by atoms with van der Waals surface area (Å²) in [5.74, 6) is 0.544. The molecule has 0 radical (unpaired) electrons. The summed E-state index contributed by atoms with van der Waals surface area (Å²) in [7, 11) is 3.21. The van der Waals surface area contributed by atoms with E-state index in [2.05, 4.69) is 10.4 Å². The van der Waals surface area contributed by atoms with Crippen LogP contribution in [0.3, 0.4) is 0 Å². The maximum Gasteiger partial charge on any atom is 0.270 e. The Hall–Kier alpha value is -3.12. The third-order valence-corrected chi connectivity index (χ3v) is 3.92. The molecule has 3 rings (SSSR count). The minimum atomic E-state index is -0.201. The van der Waals surface area contributed by atoms with Crippen LogP contribution in [0.25, 0.3) is 16.9 Å². The topological polar surface area (TPSA) is 65.4 Å². The zero-order chi connectivity index (χ0) is 18.4. The number of nitrogens with one attached hydrogen (secondary N) is 1. The van der Waals surface area contributed by atoms with Crippen molar-refractivity contribution in [2.24, 2.45) is 0 Å². The van der Waals surface area contributed by atoms with E-state index in [0.717, 1.165) is 22.7 Å². The Labute approximate surface area is 152 Å². The van der Waals surface area contributed by atoms with Gasteiger partial charge in [-0.15, -0.1) is 0 Å². The van der Waals surface area contributed by atoms with E-state index in [4.69, 9.17) is 9.47 Å². The number of carbonyl (C=O) groups is 1. The van der Waals surface area contributed by atoms with Crippen molar-refractivity contribution in [2.45, 2.75) is 0 Å². The lowest BCUT2D eigenvalue weighted by Crippen LogP contribution is -2.28. The van der Waals surface area contributed by atoms with Crippen LogP contribution in [0, 0.1) is 0 Å². The third kappa shape index (κ3) is 3.92. The number of nitrogens with zero attached hydrogens (tertiary/aromatic N) is 2. The summed E-state index contributed by atoms with van der Waals surface area (Å²) < 4.78 is 11.8. The van der Waals surface area contributed by atoms with Gasteiger partial charge in [0.15, 0.2) is 0 Å². The highest BCUT2D eigenvalue weighted by Crippen LogP contribution is 2.23. The first-order valence-electron chi connectivity index (χ1n) is 8.30. The summed E-state index contributed by atoms with van der Waals surface area (Å²) >= 11 is 0. The van der Waals surface area contributed by atoms with Gasteiger partial charge in [0.05, 0.1) is 25.1 Å². The van der Waals surface area contributed by atoms with Crippen LogP contribution in [0.2, 0.25) is 0 Å². The molecule has 26 heavy (non-hydrogen) atoms. The summed E-state index contributed by atoms with van der Waals surface area (Å²) in [5.41, 5.74) is 2.93. The predicted octanol–water partition coefficient (Wildman–Crippen LogP) is 2.92. The van der Waals surface area contributed by atoms with Crippen LogP contribution in [-0.4, -0.2) is 43.1 Å². The van der Waals surface area contributed by atoms with Gasteiger partial charge < -0.3 is 14.8 Å². The van der Waals surface area contributed by atoms with Gasteiger partial charge in [0.2, 0.25) is 0 Å². The molecule has 1 aromatic heterocycles. The number of hydrogen-bond donors (Lipinski definition) is 1. The van der Waals surface area contributed by atoms with Gasteiger partial charge in [-0.2, -0.15) is 5.10 Å². The smallest absolute Gasteiger partial charge is 0.270 e. The fourth-order valence-corrected chi connectivity index (χ4v) is 2.57. The van der Waals surface area contributed by atoms with Crippen LogP contribution < -0.4 is 10.1 Å². The Kier molecular flexibility index (Phi) is 5.66. The lowest BCUT2D eigenvalue weighted by molar-refractivity contribution is 0.0929. The molecule has 1 amide bonds. The average molecular weight is 351 g/mol. The first-order chi connectivity index (χ1) is 12.7. The highest BCUT2D eigenvalue weighted by molar-refractivity contribution is 5.94. The molecule has 2 aromatic carbocycles. The molecule has 6 heteroatoms. The van der Waals surface area contributed by atoms with Crippen LogP contribution in [0.4, 0.5) is 0 Å². The molecule has 1 heterocycles. The van der Waals surface area contributed by atoms with E-state index in [9.17, 15) is 4.79 Å². The molecular formula is C20H21N3O3. The van der Waals surface area contributed by atoms with Gasteiger partial charge >= 0.3 is 0 Å². The molecule has 0 saturated heterocycles. The van der Waals surface area contributed by atoms with E-state index in [-0.39, 0.29) is 5.91 Å². The maximum absolute atomic E-state index is 12.6. The Bertz CT molecular complexity index is 858. The maximum atomic E-state index is 12.6. The van der Waals surface area contributed by atoms with Crippen molar-refractivity contribution in [3.63, 3.8) is 0 Å². The van der Waals surface area contributed by atoms with Gasteiger partial charge in [0, 0.05) is 19.2 Å². The number of ether oxygens (including phenoxy) is 2. The molecule has 0 aliphatic carbocycles. The molecule has 0 aliphatic heterocycles. The van der Waals surface area contributed by atoms with E-state index in [1.807, 2.05) is 54.6 Å². The second-order valence-corrected chi connectivity index (χ2v) is 5.64. The first kappa shape index (κ1) is 17.7. The minimum Gasteiger partial charge on any atom is -0.497 e. The fraction of sp³-hybridized carbons (Fsp3) is 0.200. The summed E-state index contributed by atoms with van der Waals surface area (Å²) in [6.45, 7) is 0.887. The second-order valence-electron chi connectivity index (χ2n) is 5.64. The van der Waals surface area contributed by atoms with Gasteiger partial charge in [-0.05, 0) is 30.3 Å². The largest absolute Gasteiger partial charge is 0.497 e. The molecule has 134 valence electrons. The zero-order valence-electron chi connectivity index (χ0n) is 14.8. The van der Waals surface area contributed by atoms with Crippen LogP contribution in [-0.2, 0) is 4.74 Å².